The van der Waals surface area contributed by atoms with E-state index in [0.29, 0.717) is 27.6 Å². The molecule has 25 heavy (non-hydrogen) atoms. The van der Waals surface area contributed by atoms with Gasteiger partial charge in [0.2, 0.25) is 0 Å². The largest absolute Gasteiger partial charge is 0.493 e. The second kappa shape index (κ2) is 6.22. The minimum Gasteiger partial charge on any atom is -0.493 e. The molecule has 0 saturated heterocycles. The maximum Gasteiger partial charge on any atom is 0.274 e. The van der Waals surface area contributed by atoms with Gasteiger partial charge in [-0.1, -0.05) is 29.5 Å². The Kier molecular flexibility index (Phi) is 3.89. The molecule has 0 radical (unpaired) electrons. The third kappa shape index (κ3) is 2.64. The molecule has 5 nitrogen and oxygen atoms in total. The molecule has 6 heteroatoms. The van der Waals surface area contributed by atoms with Gasteiger partial charge in [0.25, 0.3) is 5.56 Å². The van der Waals surface area contributed by atoms with Crippen LogP contribution in [0.2, 0.25) is 0 Å². The number of methoxy groups -OCH3 is 1. The average molecular weight is 352 g/mol. The van der Waals surface area contributed by atoms with Crippen molar-refractivity contribution in [3.8, 4) is 11.5 Å². The number of imidazole rings is 1. The van der Waals surface area contributed by atoms with E-state index in [9.17, 15) is 4.79 Å². The second-order valence-electron chi connectivity index (χ2n) is 5.48. The van der Waals surface area contributed by atoms with Crippen LogP contribution in [-0.2, 0) is 0 Å². The molecule has 0 saturated carbocycles. The third-order valence-electron chi connectivity index (χ3n) is 3.93. The highest BCUT2D eigenvalue weighted by atomic mass is 32.1. The molecule has 0 aliphatic rings. The minimum atomic E-state index is -0.0541. The normalized spacial score (nSPS) is 12.2. The van der Waals surface area contributed by atoms with Crippen molar-refractivity contribution in [2.75, 3.05) is 13.7 Å². The molecule has 2 aromatic heterocycles. The number of aromatic nitrogens is 2. The van der Waals surface area contributed by atoms with Gasteiger partial charge in [0, 0.05) is 0 Å². The Hall–Kier alpha value is -2.86. The summed E-state index contributed by atoms with van der Waals surface area (Å²) >= 11 is 1.38. The third-order valence-corrected chi connectivity index (χ3v) is 4.90. The number of hydrogen-bond acceptors (Lipinski definition) is 5. The van der Waals surface area contributed by atoms with Crippen molar-refractivity contribution in [3.63, 3.8) is 0 Å². The first kappa shape index (κ1) is 15.7. The number of nitrogens with zero attached hydrogens (tertiary/aromatic N) is 2. The zero-order chi connectivity index (χ0) is 17.4. The molecule has 126 valence electrons. The van der Waals surface area contributed by atoms with Crippen molar-refractivity contribution in [2.45, 2.75) is 6.92 Å². The van der Waals surface area contributed by atoms with E-state index in [4.69, 9.17) is 9.47 Å². The average Bonchev–Trinajstić information content (AvgIpc) is 3.13. The molecule has 0 aliphatic heterocycles. The number of fused-ring (bicyclic) bond motifs is 3. The molecule has 0 atom stereocenters. The van der Waals surface area contributed by atoms with Gasteiger partial charge in [-0.05, 0) is 42.8 Å². The lowest BCUT2D eigenvalue weighted by molar-refractivity contribution is 0.311. The van der Waals surface area contributed by atoms with Crippen molar-refractivity contribution in [1.82, 2.24) is 9.38 Å². The maximum absolute atomic E-state index is 12.8. The fourth-order valence-electron chi connectivity index (χ4n) is 2.81. The SMILES string of the molecule is CCOc1ccc(/C=c2/sc3nc4ccccc4n3c2=O)cc1OC. The van der Waals surface area contributed by atoms with E-state index in [1.54, 1.807) is 11.5 Å². The summed E-state index contributed by atoms with van der Waals surface area (Å²) in [7, 11) is 1.60. The van der Waals surface area contributed by atoms with Crippen molar-refractivity contribution < 1.29 is 9.47 Å². The fraction of sp³-hybridized carbons (Fsp3) is 0.158. The fourth-order valence-corrected chi connectivity index (χ4v) is 3.80. The Morgan fingerprint density at radius 1 is 1.20 bits per heavy atom. The first-order valence-electron chi connectivity index (χ1n) is 7.94. The topological polar surface area (TPSA) is 52.8 Å². The summed E-state index contributed by atoms with van der Waals surface area (Å²) in [4.78, 5) is 18.0. The number of benzene rings is 2. The van der Waals surface area contributed by atoms with Gasteiger partial charge in [-0.25, -0.2) is 9.38 Å². The van der Waals surface area contributed by atoms with Crippen LogP contribution < -0.4 is 19.6 Å². The zero-order valence-electron chi connectivity index (χ0n) is 13.9. The summed E-state index contributed by atoms with van der Waals surface area (Å²) in [6, 6.07) is 13.3. The highest BCUT2D eigenvalue weighted by molar-refractivity contribution is 7.15. The smallest absolute Gasteiger partial charge is 0.274 e. The Morgan fingerprint density at radius 2 is 2.04 bits per heavy atom. The second-order valence-corrected chi connectivity index (χ2v) is 6.49. The van der Waals surface area contributed by atoms with Crippen LogP contribution in [0.5, 0.6) is 11.5 Å². The Morgan fingerprint density at radius 3 is 2.84 bits per heavy atom. The number of rotatable bonds is 4. The predicted octanol–water partition coefficient (Wildman–Crippen LogP) is 2.86. The Bertz CT molecular complexity index is 1180. The Balaban J connectivity index is 1.87. The standard InChI is InChI=1S/C19H16N2O3S/c1-3-24-15-9-8-12(10-16(15)23-2)11-17-18(22)21-14-7-5-4-6-13(14)20-19(21)25-17/h4-11H,3H2,1-2H3/b17-11+. The summed E-state index contributed by atoms with van der Waals surface area (Å²) in [6.07, 6.45) is 1.86. The number of ether oxygens (including phenoxy) is 2. The summed E-state index contributed by atoms with van der Waals surface area (Å²) in [5, 5.41) is 0. The van der Waals surface area contributed by atoms with Crippen molar-refractivity contribution in [2.24, 2.45) is 0 Å². The first-order valence-corrected chi connectivity index (χ1v) is 8.75. The van der Waals surface area contributed by atoms with Crippen molar-refractivity contribution >= 4 is 33.4 Å². The molecular formula is C19H16N2O3S. The van der Waals surface area contributed by atoms with E-state index in [-0.39, 0.29) is 5.56 Å². The van der Waals surface area contributed by atoms with Crippen LogP contribution >= 0.6 is 11.3 Å². The van der Waals surface area contributed by atoms with Gasteiger partial charge < -0.3 is 9.47 Å². The minimum absolute atomic E-state index is 0.0541. The summed E-state index contributed by atoms with van der Waals surface area (Å²) in [6.45, 7) is 2.49. The lowest BCUT2D eigenvalue weighted by atomic mass is 10.2. The lowest BCUT2D eigenvalue weighted by Crippen LogP contribution is -2.22. The van der Waals surface area contributed by atoms with Gasteiger partial charge in [0.15, 0.2) is 16.5 Å². The molecule has 0 amide bonds. The van der Waals surface area contributed by atoms with E-state index in [0.717, 1.165) is 16.6 Å². The van der Waals surface area contributed by atoms with Crippen LogP contribution in [0, 0.1) is 0 Å². The van der Waals surface area contributed by atoms with E-state index in [1.165, 1.54) is 11.3 Å². The van der Waals surface area contributed by atoms with Crippen LogP contribution in [0.4, 0.5) is 0 Å². The molecule has 0 spiro atoms. The van der Waals surface area contributed by atoms with Gasteiger partial charge in [-0.2, -0.15) is 0 Å². The molecular weight excluding hydrogens is 336 g/mol. The van der Waals surface area contributed by atoms with Gasteiger partial charge >= 0.3 is 0 Å². The highest BCUT2D eigenvalue weighted by Crippen LogP contribution is 2.28. The number of para-hydroxylation sites is 2. The zero-order valence-corrected chi connectivity index (χ0v) is 14.7. The van der Waals surface area contributed by atoms with E-state index < -0.39 is 0 Å². The van der Waals surface area contributed by atoms with E-state index >= 15 is 0 Å². The molecule has 2 heterocycles. The maximum atomic E-state index is 12.8. The van der Waals surface area contributed by atoms with Gasteiger partial charge in [-0.3, -0.25) is 4.79 Å². The van der Waals surface area contributed by atoms with E-state index in [2.05, 4.69) is 4.98 Å². The molecule has 4 rings (SSSR count). The summed E-state index contributed by atoms with van der Waals surface area (Å²) in [5.41, 5.74) is 2.50. The van der Waals surface area contributed by atoms with Crippen LogP contribution in [0.25, 0.3) is 22.1 Å². The number of hydrogen-bond donors (Lipinski definition) is 0. The molecule has 0 N–H and O–H groups in total. The van der Waals surface area contributed by atoms with Gasteiger partial charge in [-0.15, -0.1) is 0 Å². The Labute approximate surface area is 147 Å². The van der Waals surface area contributed by atoms with Crippen LogP contribution in [0.3, 0.4) is 0 Å². The molecule has 0 aliphatic carbocycles. The molecule has 0 bridgehead atoms. The van der Waals surface area contributed by atoms with Crippen LogP contribution in [0.1, 0.15) is 12.5 Å². The van der Waals surface area contributed by atoms with Gasteiger partial charge in [0.05, 0.1) is 29.3 Å². The molecule has 4 aromatic rings. The summed E-state index contributed by atoms with van der Waals surface area (Å²) < 4.78 is 13.2. The molecule has 0 unspecified atom stereocenters. The van der Waals surface area contributed by atoms with E-state index in [1.807, 2.05) is 55.5 Å². The lowest BCUT2D eigenvalue weighted by Gasteiger charge is -2.09. The molecule has 2 aromatic carbocycles. The quantitative estimate of drug-likeness (QED) is 0.567. The van der Waals surface area contributed by atoms with Crippen molar-refractivity contribution in [3.05, 3.63) is 62.9 Å². The molecule has 0 fully saturated rings. The monoisotopic (exact) mass is 352 g/mol. The van der Waals surface area contributed by atoms with Crippen LogP contribution in [-0.4, -0.2) is 23.1 Å². The predicted molar refractivity (Wildman–Crippen MR) is 99.8 cm³/mol. The first-order chi connectivity index (χ1) is 12.2. The van der Waals surface area contributed by atoms with Crippen molar-refractivity contribution in [1.29, 1.82) is 0 Å². The van der Waals surface area contributed by atoms with Crippen LogP contribution in [0.15, 0.2) is 47.3 Å². The summed E-state index contributed by atoms with van der Waals surface area (Å²) in [5.74, 6) is 1.34. The highest BCUT2D eigenvalue weighted by Gasteiger charge is 2.11. The number of thiazole rings is 1. The van der Waals surface area contributed by atoms with Gasteiger partial charge in [0.1, 0.15) is 0 Å².